The zero-order valence-corrected chi connectivity index (χ0v) is 6.28. The normalized spacial score (nSPS) is 9.56. The molecule has 9 heavy (non-hydrogen) atoms. The molecule has 5 heteroatoms. The topological polar surface area (TPSA) is 38.7 Å². The SMILES string of the molecule is CSc1cnnc(Cl)n1. The number of aromatic nitrogens is 3. The van der Waals surface area contributed by atoms with Crippen LogP contribution in [0.5, 0.6) is 0 Å². The van der Waals surface area contributed by atoms with Gasteiger partial charge in [0.2, 0.25) is 5.28 Å². The first-order valence-electron chi connectivity index (χ1n) is 2.22. The molecule has 0 spiro atoms. The van der Waals surface area contributed by atoms with E-state index < -0.39 is 0 Å². The predicted molar refractivity (Wildman–Crippen MR) is 36.6 cm³/mol. The first-order valence-corrected chi connectivity index (χ1v) is 3.82. The van der Waals surface area contributed by atoms with E-state index in [0.717, 1.165) is 5.03 Å². The smallest absolute Gasteiger partial charge is 0.208 e. The van der Waals surface area contributed by atoms with Gasteiger partial charge >= 0.3 is 0 Å². The standard InChI is InChI=1S/C4H4ClN3S/c1-9-3-2-6-8-4(5)7-3/h2H,1H3. The Kier molecular flexibility index (Phi) is 2.24. The van der Waals surface area contributed by atoms with Gasteiger partial charge in [0, 0.05) is 0 Å². The van der Waals surface area contributed by atoms with Crippen LogP contribution < -0.4 is 0 Å². The second-order valence-corrected chi connectivity index (χ2v) is 2.43. The van der Waals surface area contributed by atoms with Crippen LogP contribution in [0.15, 0.2) is 11.2 Å². The molecule has 1 rings (SSSR count). The van der Waals surface area contributed by atoms with Gasteiger partial charge in [-0.05, 0) is 17.9 Å². The van der Waals surface area contributed by atoms with Gasteiger partial charge in [-0.3, -0.25) is 0 Å². The molecule has 0 fully saturated rings. The molecule has 1 heterocycles. The number of hydrogen-bond donors (Lipinski definition) is 0. The molecule has 0 N–H and O–H groups in total. The van der Waals surface area contributed by atoms with Gasteiger partial charge in [-0.25, -0.2) is 4.98 Å². The van der Waals surface area contributed by atoms with Crippen molar-refractivity contribution in [2.45, 2.75) is 5.03 Å². The summed E-state index contributed by atoms with van der Waals surface area (Å²) in [5.74, 6) is 0. The highest BCUT2D eigenvalue weighted by Gasteiger charge is 1.92. The Morgan fingerprint density at radius 3 is 2.89 bits per heavy atom. The largest absolute Gasteiger partial charge is 0.244 e. The van der Waals surface area contributed by atoms with Crippen molar-refractivity contribution in [2.75, 3.05) is 6.26 Å². The number of hydrogen-bond acceptors (Lipinski definition) is 4. The van der Waals surface area contributed by atoms with Gasteiger partial charge in [0.15, 0.2) is 0 Å². The summed E-state index contributed by atoms with van der Waals surface area (Å²) in [5.41, 5.74) is 0. The monoisotopic (exact) mass is 161 g/mol. The minimum absolute atomic E-state index is 0.196. The van der Waals surface area contributed by atoms with E-state index >= 15 is 0 Å². The molecule has 0 aliphatic rings. The third kappa shape index (κ3) is 1.80. The van der Waals surface area contributed by atoms with Crippen LogP contribution in [0.3, 0.4) is 0 Å². The van der Waals surface area contributed by atoms with E-state index in [4.69, 9.17) is 11.6 Å². The Bertz CT molecular complexity index is 205. The van der Waals surface area contributed by atoms with Gasteiger partial charge in [0.25, 0.3) is 0 Å². The van der Waals surface area contributed by atoms with Crippen molar-refractivity contribution >= 4 is 23.4 Å². The average molecular weight is 162 g/mol. The molecule has 0 amide bonds. The maximum absolute atomic E-state index is 5.43. The number of nitrogens with zero attached hydrogens (tertiary/aromatic N) is 3. The van der Waals surface area contributed by atoms with E-state index in [1.807, 2.05) is 6.26 Å². The lowest BCUT2D eigenvalue weighted by Crippen LogP contribution is -1.86. The van der Waals surface area contributed by atoms with Gasteiger partial charge in [-0.15, -0.1) is 16.9 Å². The highest BCUT2D eigenvalue weighted by atomic mass is 35.5. The van der Waals surface area contributed by atoms with Gasteiger partial charge in [-0.1, -0.05) is 0 Å². The maximum atomic E-state index is 5.43. The van der Waals surface area contributed by atoms with Gasteiger partial charge in [0.1, 0.15) is 5.03 Å². The molecule has 0 bridgehead atoms. The number of halogens is 1. The van der Waals surface area contributed by atoms with E-state index in [0.29, 0.717) is 0 Å². The molecule has 0 aliphatic heterocycles. The van der Waals surface area contributed by atoms with Crippen LogP contribution in [0.25, 0.3) is 0 Å². The summed E-state index contributed by atoms with van der Waals surface area (Å²) in [4.78, 5) is 3.85. The average Bonchev–Trinajstić information content (AvgIpc) is 1.88. The van der Waals surface area contributed by atoms with Gasteiger partial charge < -0.3 is 0 Å². The van der Waals surface area contributed by atoms with E-state index in [-0.39, 0.29) is 5.28 Å². The lowest BCUT2D eigenvalue weighted by Gasteiger charge is -1.90. The van der Waals surface area contributed by atoms with Crippen LogP contribution in [-0.2, 0) is 0 Å². The summed E-state index contributed by atoms with van der Waals surface area (Å²) in [6.45, 7) is 0. The Morgan fingerprint density at radius 1 is 1.67 bits per heavy atom. The quantitative estimate of drug-likeness (QED) is 0.581. The van der Waals surface area contributed by atoms with Crippen LogP contribution >= 0.6 is 23.4 Å². The first-order chi connectivity index (χ1) is 4.33. The fourth-order valence-corrected chi connectivity index (χ4v) is 0.882. The summed E-state index contributed by atoms with van der Waals surface area (Å²) in [6, 6.07) is 0. The summed E-state index contributed by atoms with van der Waals surface area (Å²) >= 11 is 6.91. The summed E-state index contributed by atoms with van der Waals surface area (Å²) in [6.07, 6.45) is 3.47. The number of thioether (sulfide) groups is 1. The Morgan fingerprint density at radius 2 is 2.44 bits per heavy atom. The van der Waals surface area contributed by atoms with Crippen molar-refractivity contribution in [1.82, 2.24) is 15.2 Å². The molecule has 0 saturated carbocycles. The maximum Gasteiger partial charge on any atom is 0.244 e. The summed E-state index contributed by atoms with van der Waals surface area (Å²) in [5, 5.41) is 8.05. The molecule has 48 valence electrons. The minimum atomic E-state index is 0.196. The fourth-order valence-electron chi connectivity index (χ4n) is 0.366. The van der Waals surface area contributed by atoms with E-state index in [9.17, 15) is 0 Å². The molecule has 1 aromatic heterocycles. The predicted octanol–water partition coefficient (Wildman–Crippen LogP) is 1.25. The zero-order valence-electron chi connectivity index (χ0n) is 4.71. The van der Waals surface area contributed by atoms with Crippen LogP contribution in [0.2, 0.25) is 5.28 Å². The third-order valence-corrected chi connectivity index (χ3v) is 1.50. The minimum Gasteiger partial charge on any atom is -0.208 e. The van der Waals surface area contributed by atoms with Crippen LogP contribution in [-0.4, -0.2) is 21.4 Å². The lowest BCUT2D eigenvalue weighted by atomic mass is 10.9. The highest BCUT2D eigenvalue weighted by molar-refractivity contribution is 7.98. The van der Waals surface area contributed by atoms with Crippen molar-refractivity contribution in [3.63, 3.8) is 0 Å². The highest BCUT2D eigenvalue weighted by Crippen LogP contribution is 2.09. The van der Waals surface area contributed by atoms with Crippen molar-refractivity contribution in [2.24, 2.45) is 0 Å². The van der Waals surface area contributed by atoms with Crippen molar-refractivity contribution in [3.05, 3.63) is 11.5 Å². The third-order valence-electron chi connectivity index (χ3n) is 0.720. The molecule has 0 unspecified atom stereocenters. The van der Waals surface area contributed by atoms with E-state index in [1.54, 1.807) is 6.20 Å². The lowest BCUT2D eigenvalue weighted by molar-refractivity contribution is 0.905. The molecule has 1 aromatic rings. The summed E-state index contributed by atoms with van der Waals surface area (Å²) < 4.78 is 0. The second kappa shape index (κ2) is 2.98. The first kappa shape index (κ1) is 6.77. The summed E-state index contributed by atoms with van der Waals surface area (Å²) in [7, 11) is 0. The van der Waals surface area contributed by atoms with Gasteiger partial charge in [0.05, 0.1) is 6.20 Å². The molecule has 0 aliphatic carbocycles. The van der Waals surface area contributed by atoms with Crippen LogP contribution in [0, 0.1) is 0 Å². The molecule has 0 saturated heterocycles. The Hall–Kier alpha value is -0.350. The molecular formula is C4H4ClN3S. The Labute approximate surface area is 61.9 Å². The van der Waals surface area contributed by atoms with Gasteiger partial charge in [-0.2, -0.15) is 5.10 Å². The Balaban J connectivity index is 2.94. The molecular weight excluding hydrogens is 158 g/mol. The molecule has 0 atom stereocenters. The molecule has 3 nitrogen and oxygen atoms in total. The van der Waals surface area contributed by atoms with E-state index in [1.165, 1.54) is 11.8 Å². The number of rotatable bonds is 1. The van der Waals surface area contributed by atoms with Crippen molar-refractivity contribution in [1.29, 1.82) is 0 Å². The fraction of sp³-hybridized carbons (Fsp3) is 0.250. The van der Waals surface area contributed by atoms with Crippen LogP contribution in [0.4, 0.5) is 0 Å². The van der Waals surface area contributed by atoms with E-state index in [2.05, 4.69) is 15.2 Å². The van der Waals surface area contributed by atoms with Crippen molar-refractivity contribution in [3.8, 4) is 0 Å². The molecule has 0 radical (unpaired) electrons. The van der Waals surface area contributed by atoms with Crippen LogP contribution in [0.1, 0.15) is 0 Å². The molecule has 0 aromatic carbocycles. The zero-order chi connectivity index (χ0) is 6.69. The second-order valence-electron chi connectivity index (χ2n) is 1.27. The van der Waals surface area contributed by atoms with Crippen molar-refractivity contribution < 1.29 is 0 Å².